The molecular weight excluding hydrogens is 280 g/mol. The van der Waals surface area contributed by atoms with Crippen LogP contribution in [0, 0.1) is 6.92 Å². The number of hydrogen-bond acceptors (Lipinski definition) is 3. The van der Waals surface area contributed by atoms with E-state index in [1.165, 1.54) is 7.11 Å². The average molecular weight is 298 g/mol. The Bertz CT molecular complexity index is 666. The third kappa shape index (κ3) is 4.09. The molecule has 2 aromatic rings. The highest BCUT2D eigenvalue weighted by Gasteiger charge is 2.12. The van der Waals surface area contributed by atoms with Gasteiger partial charge in [0, 0.05) is 5.69 Å². The second-order valence-electron chi connectivity index (χ2n) is 4.80. The van der Waals surface area contributed by atoms with Gasteiger partial charge in [0.15, 0.2) is 0 Å². The number of amides is 2. The molecule has 2 N–H and O–H groups in total. The van der Waals surface area contributed by atoms with Crippen molar-refractivity contribution in [3.05, 3.63) is 59.7 Å². The van der Waals surface area contributed by atoms with Gasteiger partial charge in [0.25, 0.3) is 5.91 Å². The van der Waals surface area contributed by atoms with Crippen LogP contribution in [0.3, 0.4) is 0 Å². The smallest absolute Gasteiger partial charge is 0.255 e. The summed E-state index contributed by atoms with van der Waals surface area (Å²) < 4.78 is 5.12. The Balaban J connectivity index is 1.90. The molecule has 0 heterocycles. The van der Waals surface area contributed by atoms with E-state index in [0.717, 1.165) is 5.56 Å². The quantitative estimate of drug-likeness (QED) is 0.890. The van der Waals surface area contributed by atoms with Gasteiger partial charge in [0.05, 0.1) is 19.2 Å². The van der Waals surface area contributed by atoms with Crippen molar-refractivity contribution in [1.29, 1.82) is 0 Å². The number of para-hydroxylation sites is 1. The molecule has 22 heavy (non-hydrogen) atoms. The molecule has 0 unspecified atom stereocenters. The van der Waals surface area contributed by atoms with E-state index < -0.39 is 0 Å². The van der Waals surface area contributed by atoms with Crippen LogP contribution in [0.2, 0.25) is 0 Å². The molecule has 0 aliphatic rings. The van der Waals surface area contributed by atoms with Crippen molar-refractivity contribution in [2.45, 2.75) is 6.92 Å². The van der Waals surface area contributed by atoms with Gasteiger partial charge in [-0.2, -0.15) is 0 Å². The van der Waals surface area contributed by atoms with Gasteiger partial charge in [-0.1, -0.05) is 29.8 Å². The van der Waals surface area contributed by atoms with Crippen LogP contribution in [0.5, 0.6) is 5.75 Å². The number of nitrogens with one attached hydrogen (secondary N) is 2. The van der Waals surface area contributed by atoms with Crippen LogP contribution in [0.4, 0.5) is 5.69 Å². The maximum absolute atomic E-state index is 12.1. The predicted molar refractivity (Wildman–Crippen MR) is 85.1 cm³/mol. The van der Waals surface area contributed by atoms with Crippen molar-refractivity contribution in [1.82, 2.24) is 5.32 Å². The molecular formula is C17H18N2O3. The van der Waals surface area contributed by atoms with E-state index in [4.69, 9.17) is 4.74 Å². The largest absolute Gasteiger partial charge is 0.496 e. The number of carbonyl (C=O) groups is 2. The highest BCUT2D eigenvalue weighted by Crippen LogP contribution is 2.16. The van der Waals surface area contributed by atoms with Crippen LogP contribution >= 0.6 is 0 Å². The third-order valence-corrected chi connectivity index (χ3v) is 3.10. The second-order valence-corrected chi connectivity index (χ2v) is 4.80. The number of carbonyl (C=O) groups excluding carboxylic acids is 2. The number of anilines is 1. The van der Waals surface area contributed by atoms with Crippen molar-refractivity contribution in [3.63, 3.8) is 0 Å². The Morgan fingerprint density at radius 2 is 1.73 bits per heavy atom. The maximum atomic E-state index is 12.1. The molecule has 0 aromatic heterocycles. The summed E-state index contributed by atoms with van der Waals surface area (Å²) in [4.78, 5) is 23.9. The number of hydrogen-bond donors (Lipinski definition) is 2. The fourth-order valence-corrected chi connectivity index (χ4v) is 1.93. The minimum Gasteiger partial charge on any atom is -0.496 e. The zero-order valence-electron chi connectivity index (χ0n) is 12.6. The first kappa shape index (κ1) is 15.6. The highest BCUT2D eigenvalue weighted by atomic mass is 16.5. The molecule has 5 heteroatoms. The number of ether oxygens (including phenoxy) is 1. The molecule has 2 aromatic carbocycles. The summed E-state index contributed by atoms with van der Waals surface area (Å²) in [5.74, 6) is -0.164. The Morgan fingerprint density at radius 3 is 2.41 bits per heavy atom. The minimum absolute atomic E-state index is 0.106. The van der Waals surface area contributed by atoms with Gasteiger partial charge in [-0.3, -0.25) is 9.59 Å². The van der Waals surface area contributed by atoms with E-state index in [-0.39, 0.29) is 18.4 Å². The van der Waals surface area contributed by atoms with Crippen LogP contribution in [0.1, 0.15) is 15.9 Å². The third-order valence-electron chi connectivity index (χ3n) is 3.10. The first-order chi connectivity index (χ1) is 10.6. The molecule has 2 rings (SSSR count). The van der Waals surface area contributed by atoms with E-state index in [2.05, 4.69) is 10.6 Å². The summed E-state index contributed by atoms with van der Waals surface area (Å²) in [6, 6.07) is 14.3. The fourth-order valence-electron chi connectivity index (χ4n) is 1.93. The molecule has 0 aliphatic carbocycles. The molecule has 0 bridgehead atoms. The lowest BCUT2D eigenvalue weighted by molar-refractivity contribution is -0.115. The molecule has 5 nitrogen and oxygen atoms in total. The second kappa shape index (κ2) is 7.26. The van der Waals surface area contributed by atoms with Crippen LogP contribution in [0.25, 0.3) is 0 Å². The number of rotatable bonds is 5. The van der Waals surface area contributed by atoms with E-state index in [0.29, 0.717) is 17.0 Å². The molecule has 0 aliphatic heterocycles. The summed E-state index contributed by atoms with van der Waals surface area (Å²) in [5.41, 5.74) is 2.21. The van der Waals surface area contributed by atoms with Gasteiger partial charge in [0.1, 0.15) is 5.75 Å². The summed E-state index contributed by atoms with van der Waals surface area (Å²) in [6.07, 6.45) is 0. The molecule has 0 radical (unpaired) electrons. The van der Waals surface area contributed by atoms with Gasteiger partial charge in [-0.05, 0) is 31.2 Å². The molecule has 0 atom stereocenters. The van der Waals surface area contributed by atoms with Gasteiger partial charge in [0.2, 0.25) is 5.91 Å². The average Bonchev–Trinajstić information content (AvgIpc) is 2.54. The predicted octanol–water partition coefficient (Wildman–Crippen LogP) is 2.37. The van der Waals surface area contributed by atoms with Gasteiger partial charge in [-0.25, -0.2) is 0 Å². The number of aryl methyl sites for hydroxylation is 1. The fraction of sp³-hybridized carbons (Fsp3) is 0.176. The van der Waals surface area contributed by atoms with Crippen LogP contribution in [0.15, 0.2) is 48.5 Å². The molecule has 114 valence electrons. The van der Waals surface area contributed by atoms with Gasteiger partial charge in [-0.15, -0.1) is 0 Å². The Morgan fingerprint density at radius 1 is 1.05 bits per heavy atom. The van der Waals surface area contributed by atoms with E-state index >= 15 is 0 Å². The molecule has 0 saturated heterocycles. The Labute approximate surface area is 129 Å². The van der Waals surface area contributed by atoms with E-state index in [9.17, 15) is 9.59 Å². The lowest BCUT2D eigenvalue weighted by Crippen LogP contribution is -2.33. The number of benzene rings is 2. The zero-order valence-corrected chi connectivity index (χ0v) is 12.6. The first-order valence-corrected chi connectivity index (χ1v) is 6.88. The first-order valence-electron chi connectivity index (χ1n) is 6.88. The highest BCUT2D eigenvalue weighted by molar-refractivity contribution is 6.00. The lowest BCUT2D eigenvalue weighted by atomic mass is 10.2. The van der Waals surface area contributed by atoms with Crippen LogP contribution in [-0.2, 0) is 4.79 Å². The van der Waals surface area contributed by atoms with E-state index in [1.807, 2.05) is 31.2 Å². The molecule has 0 saturated carbocycles. The summed E-state index contributed by atoms with van der Waals surface area (Å²) >= 11 is 0. The molecule has 2 amide bonds. The Kier molecular flexibility index (Phi) is 5.14. The summed E-state index contributed by atoms with van der Waals surface area (Å²) in [7, 11) is 1.50. The summed E-state index contributed by atoms with van der Waals surface area (Å²) in [5, 5.41) is 5.29. The van der Waals surface area contributed by atoms with Crippen LogP contribution in [-0.4, -0.2) is 25.5 Å². The standard InChI is InChI=1S/C17H18N2O3/c1-12-7-9-13(10-8-12)19-16(20)11-18-17(21)14-5-3-4-6-15(14)22-2/h3-10H,11H2,1-2H3,(H,18,21)(H,19,20). The maximum Gasteiger partial charge on any atom is 0.255 e. The van der Waals surface area contributed by atoms with Crippen molar-refractivity contribution >= 4 is 17.5 Å². The molecule has 0 spiro atoms. The normalized spacial score (nSPS) is 9.91. The van der Waals surface area contributed by atoms with Gasteiger partial charge < -0.3 is 15.4 Å². The Hall–Kier alpha value is -2.82. The van der Waals surface area contributed by atoms with Crippen molar-refractivity contribution in [3.8, 4) is 5.75 Å². The van der Waals surface area contributed by atoms with Crippen molar-refractivity contribution in [2.75, 3.05) is 19.0 Å². The number of methoxy groups -OCH3 is 1. The SMILES string of the molecule is COc1ccccc1C(=O)NCC(=O)Nc1ccc(C)cc1. The topological polar surface area (TPSA) is 67.4 Å². The van der Waals surface area contributed by atoms with Crippen LogP contribution < -0.4 is 15.4 Å². The van der Waals surface area contributed by atoms with Gasteiger partial charge >= 0.3 is 0 Å². The lowest BCUT2D eigenvalue weighted by Gasteiger charge is -2.09. The molecule has 0 fully saturated rings. The van der Waals surface area contributed by atoms with Crippen molar-refractivity contribution in [2.24, 2.45) is 0 Å². The monoisotopic (exact) mass is 298 g/mol. The summed E-state index contributed by atoms with van der Waals surface area (Å²) in [6.45, 7) is 1.86. The van der Waals surface area contributed by atoms with Crippen molar-refractivity contribution < 1.29 is 14.3 Å². The zero-order chi connectivity index (χ0) is 15.9. The van der Waals surface area contributed by atoms with E-state index in [1.54, 1.807) is 24.3 Å². The minimum atomic E-state index is -0.350.